The molecule has 0 unspecified atom stereocenters. The molecule has 0 atom stereocenters. The van der Waals surface area contributed by atoms with Crippen molar-refractivity contribution >= 4 is 34.0 Å². The smallest absolute Gasteiger partial charge is 0.247 e. The molecule has 1 fully saturated rings. The number of benzene rings is 2. The Morgan fingerprint density at radius 2 is 1.98 bits per heavy atom. The van der Waals surface area contributed by atoms with Crippen LogP contribution in [0, 0.1) is 11.6 Å². The maximum Gasteiger partial charge on any atom is 0.247 e. The van der Waals surface area contributed by atoms with Gasteiger partial charge in [-0.25, -0.2) is 18.7 Å². The number of carbonyl (C=O) groups excluding carboxylic acids is 1. The molecule has 2 aromatic heterocycles. The summed E-state index contributed by atoms with van der Waals surface area (Å²) in [7, 11) is 0. The number of nitrogens with one attached hydrogen (secondary N) is 2. The fraction of sp³-hybridized carbons (Fsp3) is 0.241. The third-order valence-electron chi connectivity index (χ3n) is 6.37. The van der Waals surface area contributed by atoms with E-state index < -0.39 is 11.6 Å². The van der Waals surface area contributed by atoms with Crippen molar-refractivity contribution in [3.8, 4) is 17.0 Å². The van der Waals surface area contributed by atoms with Crippen molar-refractivity contribution in [1.82, 2.24) is 19.9 Å². The monoisotopic (exact) mass is 546 g/mol. The second kappa shape index (κ2) is 12.6. The molecule has 0 bridgehead atoms. The normalized spacial score (nSPS) is 13.7. The third-order valence-corrected chi connectivity index (χ3v) is 6.37. The molecule has 1 amide bonds. The lowest BCUT2D eigenvalue weighted by molar-refractivity contribution is -0.111. The van der Waals surface area contributed by atoms with E-state index in [4.69, 9.17) is 9.47 Å². The van der Waals surface area contributed by atoms with Crippen molar-refractivity contribution in [1.29, 1.82) is 0 Å². The van der Waals surface area contributed by atoms with Gasteiger partial charge in [0.05, 0.1) is 37.2 Å². The first-order valence-electron chi connectivity index (χ1n) is 12.8. The lowest BCUT2D eigenvalue weighted by Gasteiger charge is -2.26. The van der Waals surface area contributed by atoms with E-state index in [9.17, 15) is 13.6 Å². The Labute approximate surface area is 229 Å². The summed E-state index contributed by atoms with van der Waals surface area (Å²) in [6.45, 7) is 8.17. The lowest BCUT2D eigenvalue weighted by atomic mass is 10.1. The number of ether oxygens (including phenoxy) is 2. The number of hydrogen-bond donors (Lipinski definition) is 2. The predicted molar refractivity (Wildman–Crippen MR) is 149 cm³/mol. The molecular formula is C29H28F2N6O3. The molecule has 40 heavy (non-hydrogen) atoms. The highest BCUT2D eigenvalue weighted by Crippen LogP contribution is 2.34. The van der Waals surface area contributed by atoms with Crippen LogP contribution in [0.4, 0.5) is 26.0 Å². The van der Waals surface area contributed by atoms with Crippen LogP contribution in [0.3, 0.4) is 0 Å². The summed E-state index contributed by atoms with van der Waals surface area (Å²) in [6.07, 6.45) is 4.38. The number of pyridine rings is 1. The van der Waals surface area contributed by atoms with Crippen molar-refractivity contribution in [2.24, 2.45) is 0 Å². The van der Waals surface area contributed by atoms with Crippen LogP contribution in [0.15, 0.2) is 67.6 Å². The van der Waals surface area contributed by atoms with Gasteiger partial charge in [0.2, 0.25) is 5.91 Å². The van der Waals surface area contributed by atoms with Gasteiger partial charge in [-0.2, -0.15) is 0 Å². The van der Waals surface area contributed by atoms with Crippen LogP contribution >= 0.6 is 0 Å². The van der Waals surface area contributed by atoms with Crippen molar-refractivity contribution < 1.29 is 23.0 Å². The number of hydrogen-bond acceptors (Lipinski definition) is 8. The number of halogens is 2. The number of aromatic nitrogens is 3. The summed E-state index contributed by atoms with van der Waals surface area (Å²) >= 11 is 0. The lowest BCUT2D eigenvalue weighted by Crippen LogP contribution is -2.37. The Morgan fingerprint density at radius 1 is 1.12 bits per heavy atom. The van der Waals surface area contributed by atoms with E-state index in [2.05, 4.69) is 37.1 Å². The summed E-state index contributed by atoms with van der Waals surface area (Å²) in [6, 6.07) is 11.2. The van der Waals surface area contributed by atoms with Crippen LogP contribution in [0.1, 0.15) is 6.42 Å². The molecule has 1 saturated heterocycles. The van der Waals surface area contributed by atoms with Crippen LogP contribution in [0.25, 0.3) is 22.2 Å². The zero-order valence-corrected chi connectivity index (χ0v) is 21.7. The predicted octanol–water partition coefficient (Wildman–Crippen LogP) is 4.94. The molecule has 11 heteroatoms. The number of carbonyl (C=O) groups is 1. The molecule has 1 aliphatic heterocycles. The molecule has 3 heterocycles. The van der Waals surface area contributed by atoms with Gasteiger partial charge in [0.1, 0.15) is 29.4 Å². The number of anilines is 3. The van der Waals surface area contributed by atoms with Gasteiger partial charge in [0.25, 0.3) is 0 Å². The van der Waals surface area contributed by atoms with E-state index in [0.29, 0.717) is 46.0 Å². The first-order valence-corrected chi connectivity index (χ1v) is 12.8. The van der Waals surface area contributed by atoms with Gasteiger partial charge in [0.15, 0.2) is 5.82 Å². The van der Waals surface area contributed by atoms with Gasteiger partial charge < -0.3 is 20.1 Å². The number of morpholine rings is 1. The zero-order valence-electron chi connectivity index (χ0n) is 21.7. The molecular weight excluding hydrogens is 518 g/mol. The number of amides is 1. The third kappa shape index (κ3) is 6.56. The summed E-state index contributed by atoms with van der Waals surface area (Å²) in [5, 5.41) is 6.65. The molecule has 1 aliphatic rings. The SMILES string of the molecule is C=CC(=O)Nc1cc2c(Nc3cccc(-c4ncc(F)cc4F)c3)ncnc2cc1OCCCN1CCOCC1. The zero-order chi connectivity index (χ0) is 27.9. The Kier molecular flexibility index (Phi) is 8.53. The fourth-order valence-electron chi connectivity index (χ4n) is 4.39. The Balaban J connectivity index is 1.39. The highest BCUT2D eigenvalue weighted by atomic mass is 19.1. The van der Waals surface area contributed by atoms with E-state index in [0.717, 1.165) is 51.5 Å². The van der Waals surface area contributed by atoms with Crippen molar-refractivity contribution in [3.63, 3.8) is 0 Å². The minimum Gasteiger partial charge on any atom is -0.491 e. The van der Waals surface area contributed by atoms with Crippen LogP contribution in [0.2, 0.25) is 0 Å². The van der Waals surface area contributed by atoms with Crippen molar-refractivity contribution in [2.45, 2.75) is 6.42 Å². The summed E-state index contributed by atoms with van der Waals surface area (Å²) < 4.78 is 39.1. The molecule has 2 N–H and O–H groups in total. The first kappa shape index (κ1) is 27.1. The summed E-state index contributed by atoms with van der Waals surface area (Å²) in [5.74, 6) is -0.949. The van der Waals surface area contributed by atoms with E-state index >= 15 is 0 Å². The molecule has 0 spiro atoms. The van der Waals surface area contributed by atoms with Crippen LogP contribution in [-0.4, -0.2) is 65.2 Å². The average Bonchev–Trinajstić information content (AvgIpc) is 2.96. The Bertz CT molecular complexity index is 1530. The van der Waals surface area contributed by atoms with Gasteiger partial charge in [-0.1, -0.05) is 18.7 Å². The van der Waals surface area contributed by atoms with Gasteiger partial charge in [-0.3, -0.25) is 14.7 Å². The van der Waals surface area contributed by atoms with E-state index in [1.54, 1.807) is 36.4 Å². The second-order valence-corrected chi connectivity index (χ2v) is 9.13. The highest BCUT2D eigenvalue weighted by Gasteiger charge is 2.15. The number of rotatable bonds is 10. The summed E-state index contributed by atoms with van der Waals surface area (Å²) in [4.78, 5) is 27.2. The minimum absolute atomic E-state index is 0.0300. The topological polar surface area (TPSA) is 102 Å². The Hall–Kier alpha value is -4.48. The Morgan fingerprint density at radius 3 is 2.77 bits per heavy atom. The van der Waals surface area contributed by atoms with Gasteiger partial charge >= 0.3 is 0 Å². The molecule has 0 aliphatic carbocycles. The maximum atomic E-state index is 14.3. The van der Waals surface area contributed by atoms with Crippen molar-refractivity contribution in [2.75, 3.05) is 50.1 Å². The summed E-state index contributed by atoms with van der Waals surface area (Å²) in [5.41, 5.74) is 2.14. The molecule has 2 aromatic carbocycles. The van der Waals surface area contributed by atoms with E-state index in [1.807, 2.05) is 0 Å². The average molecular weight is 547 g/mol. The maximum absolute atomic E-state index is 14.3. The quantitative estimate of drug-likeness (QED) is 0.213. The number of nitrogens with zero attached hydrogens (tertiary/aromatic N) is 4. The van der Waals surface area contributed by atoms with Crippen LogP contribution in [-0.2, 0) is 9.53 Å². The van der Waals surface area contributed by atoms with Gasteiger partial charge in [-0.15, -0.1) is 0 Å². The molecule has 0 saturated carbocycles. The fourth-order valence-corrected chi connectivity index (χ4v) is 4.39. The standard InChI is InChI=1S/C29H28F2N6O3/c1-2-27(38)36-25-15-22-24(16-26(25)40-10-4-7-37-8-11-39-12-9-37)33-18-34-29(22)35-21-6-3-5-19(13-21)28-23(31)14-20(30)17-32-28/h2-3,5-6,13-18H,1,4,7-12H2,(H,36,38)(H,33,34,35). The molecule has 4 aromatic rings. The van der Waals surface area contributed by atoms with Crippen molar-refractivity contribution in [3.05, 3.63) is 79.3 Å². The van der Waals surface area contributed by atoms with E-state index in [-0.39, 0.29) is 11.6 Å². The van der Waals surface area contributed by atoms with Crippen LogP contribution in [0.5, 0.6) is 5.75 Å². The minimum atomic E-state index is -0.760. The number of fused-ring (bicyclic) bond motifs is 1. The molecule has 9 nitrogen and oxygen atoms in total. The molecule has 5 rings (SSSR count). The first-order chi connectivity index (χ1) is 19.5. The largest absolute Gasteiger partial charge is 0.491 e. The van der Waals surface area contributed by atoms with Gasteiger partial charge in [0, 0.05) is 48.4 Å². The highest BCUT2D eigenvalue weighted by molar-refractivity contribution is 6.03. The van der Waals surface area contributed by atoms with Crippen LogP contribution < -0.4 is 15.4 Å². The van der Waals surface area contributed by atoms with Gasteiger partial charge in [-0.05, 0) is 30.7 Å². The molecule has 0 radical (unpaired) electrons. The van der Waals surface area contributed by atoms with E-state index in [1.165, 1.54) is 12.4 Å². The second-order valence-electron chi connectivity index (χ2n) is 9.13. The molecule has 206 valence electrons.